The van der Waals surface area contributed by atoms with Gasteiger partial charge in [0, 0.05) is 68.5 Å². The Kier molecular flexibility index (Phi) is 7.51. The Bertz CT molecular complexity index is 1570. The number of rotatable bonds is 6. The number of halogens is 2. The number of aromatic hydroxyl groups is 1. The largest absolute Gasteiger partial charge is 0.507 e. The second-order valence-electron chi connectivity index (χ2n) is 10.3. The molecule has 1 N–H and O–H groups in total. The molecule has 204 valence electrons. The van der Waals surface area contributed by atoms with Gasteiger partial charge in [-0.2, -0.15) is 0 Å². The molecule has 2 aromatic heterocycles. The summed E-state index contributed by atoms with van der Waals surface area (Å²) in [6.07, 6.45) is 4.00. The van der Waals surface area contributed by atoms with Crippen LogP contribution in [0.4, 0.5) is 10.2 Å². The molecule has 7 nitrogen and oxygen atoms in total. The summed E-state index contributed by atoms with van der Waals surface area (Å²) < 4.78 is 17.9. The van der Waals surface area contributed by atoms with Crippen molar-refractivity contribution in [2.45, 2.75) is 33.2 Å². The number of pyridine rings is 1. The summed E-state index contributed by atoms with van der Waals surface area (Å²) in [5, 5.41) is 11.7. The second kappa shape index (κ2) is 10.9. The van der Waals surface area contributed by atoms with Crippen LogP contribution in [0.1, 0.15) is 26.5 Å². The van der Waals surface area contributed by atoms with E-state index in [1.807, 2.05) is 19.1 Å². The summed E-state index contributed by atoms with van der Waals surface area (Å²) in [5.41, 5.74) is 3.11. The third kappa shape index (κ3) is 5.31. The minimum absolute atomic E-state index is 0.0408. The molecule has 2 aromatic carbocycles. The number of piperazine rings is 1. The second-order valence-corrected chi connectivity index (χ2v) is 10.7. The van der Waals surface area contributed by atoms with Crippen LogP contribution in [0.5, 0.6) is 5.75 Å². The van der Waals surface area contributed by atoms with Crippen molar-refractivity contribution < 1.29 is 9.50 Å². The van der Waals surface area contributed by atoms with Crippen LogP contribution in [0.3, 0.4) is 0 Å². The van der Waals surface area contributed by atoms with E-state index in [4.69, 9.17) is 16.6 Å². The van der Waals surface area contributed by atoms with Gasteiger partial charge in [0.2, 0.25) is 0 Å². The highest BCUT2D eigenvalue weighted by atomic mass is 35.5. The van der Waals surface area contributed by atoms with Gasteiger partial charge in [0.1, 0.15) is 17.4 Å². The molecule has 9 heteroatoms. The van der Waals surface area contributed by atoms with Crippen LogP contribution < -0.4 is 10.6 Å². The van der Waals surface area contributed by atoms with E-state index in [0.717, 1.165) is 37.7 Å². The van der Waals surface area contributed by atoms with Gasteiger partial charge in [-0.25, -0.2) is 14.2 Å². The zero-order valence-electron chi connectivity index (χ0n) is 22.7. The van der Waals surface area contributed by atoms with Gasteiger partial charge >= 0.3 is 5.69 Å². The van der Waals surface area contributed by atoms with Crippen molar-refractivity contribution in [1.82, 2.24) is 19.0 Å². The Hall–Kier alpha value is -3.62. The fraction of sp³-hybridized carbons (Fsp3) is 0.333. The van der Waals surface area contributed by atoms with E-state index in [9.17, 15) is 9.90 Å². The number of anilines is 1. The molecule has 1 aliphatic rings. The van der Waals surface area contributed by atoms with E-state index >= 15 is 4.39 Å². The molecule has 1 saturated heterocycles. The first-order valence-electron chi connectivity index (χ1n) is 13.2. The number of phenols is 1. The molecular formula is C30H33ClFN5O2. The lowest BCUT2D eigenvalue weighted by Gasteiger charge is -2.37. The van der Waals surface area contributed by atoms with Gasteiger partial charge in [0.15, 0.2) is 0 Å². The van der Waals surface area contributed by atoms with E-state index < -0.39 is 5.82 Å². The number of benzene rings is 2. The van der Waals surface area contributed by atoms with E-state index in [1.165, 1.54) is 21.3 Å². The molecule has 0 bridgehead atoms. The number of hydrogen-bond acceptors (Lipinski definition) is 5. The smallest absolute Gasteiger partial charge is 0.332 e. The Morgan fingerprint density at radius 1 is 1.00 bits per heavy atom. The fourth-order valence-electron chi connectivity index (χ4n) is 5.09. The summed E-state index contributed by atoms with van der Waals surface area (Å²) in [4.78, 5) is 21.9. The minimum atomic E-state index is -0.473. The lowest BCUT2D eigenvalue weighted by atomic mass is 9.96. The molecule has 3 heterocycles. The Morgan fingerprint density at radius 3 is 2.28 bits per heavy atom. The topological polar surface area (TPSA) is 66.5 Å². The van der Waals surface area contributed by atoms with Crippen LogP contribution in [0.15, 0.2) is 59.7 Å². The molecule has 0 aliphatic carbocycles. The molecule has 0 saturated carbocycles. The number of imidazole rings is 1. The predicted molar refractivity (Wildman–Crippen MR) is 155 cm³/mol. The van der Waals surface area contributed by atoms with Gasteiger partial charge in [-0.15, -0.1) is 0 Å². The van der Waals surface area contributed by atoms with E-state index in [2.05, 4.69) is 23.6 Å². The molecule has 5 rings (SSSR count). The van der Waals surface area contributed by atoms with Crippen LogP contribution in [-0.4, -0.2) is 56.3 Å². The van der Waals surface area contributed by atoms with Crippen LogP contribution in [0.2, 0.25) is 5.02 Å². The standard InChI is InChI=1S/C30H33ClFN5O2/c1-5-23-14-21(16-28(33-23)36-11-9-35(10-12-36)19(2)3)25-18-22(32)17-24(29(25)38)20-6-7-27(26(31)15-20)37-13-8-34(4)30(37)39/h6-8,13-19,38H,5,9-12H2,1-4H3. The Morgan fingerprint density at radius 2 is 1.69 bits per heavy atom. The molecular weight excluding hydrogens is 517 g/mol. The van der Waals surface area contributed by atoms with E-state index in [-0.39, 0.29) is 11.4 Å². The lowest BCUT2D eigenvalue weighted by Crippen LogP contribution is -2.49. The molecule has 0 unspecified atom stereocenters. The molecule has 4 aromatic rings. The number of phenolic OH excluding ortho intramolecular Hbond substituents is 1. The Balaban J connectivity index is 1.53. The maximum atomic E-state index is 15.0. The summed E-state index contributed by atoms with van der Waals surface area (Å²) in [6.45, 7) is 10.1. The van der Waals surface area contributed by atoms with Gasteiger partial charge < -0.3 is 14.6 Å². The zero-order chi connectivity index (χ0) is 27.8. The van der Waals surface area contributed by atoms with Crippen molar-refractivity contribution in [3.8, 4) is 33.7 Å². The minimum Gasteiger partial charge on any atom is -0.507 e. The zero-order valence-corrected chi connectivity index (χ0v) is 23.4. The van der Waals surface area contributed by atoms with Crippen LogP contribution in [-0.2, 0) is 13.5 Å². The van der Waals surface area contributed by atoms with Gasteiger partial charge in [-0.1, -0.05) is 24.6 Å². The average Bonchev–Trinajstić information content (AvgIpc) is 3.26. The molecule has 1 fully saturated rings. The summed E-state index contributed by atoms with van der Waals surface area (Å²) in [5.74, 6) is 0.318. The number of aromatic nitrogens is 3. The van der Waals surface area contributed by atoms with E-state index in [0.29, 0.717) is 45.4 Å². The molecule has 0 amide bonds. The fourth-order valence-corrected chi connectivity index (χ4v) is 5.37. The monoisotopic (exact) mass is 549 g/mol. The van der Waals surface area contributed by atoms with Crippen molar-refractivity contribution in [2.75, 3.05) is 31.1 Å². The highest BCUT2D eigenvalue weighted by Crippen LogP contribution is 2.41. The van der Waals surface area contributed by atoms with Crippen LogP contribution >= 0.6 is 11.6 Å². The predicted octanol–water partition coefficient (Wildman–Crippen LogP) is 5.50. The molecule has 0 atom stereocenters. The lowest BCUT2D eigenvalue weighted by molar-refractivity contribution is 0.209. The molecule has 0 spiro atoms. The van der Waals surface area contributed by atoms with Crippen molar-refractivity contribution in [3.05, 3.63) is 81.9 Å². The third-order valence-electron chi connectivity index (χ3n) is 7.45. The third-order valence-corrected chi connectivity index (χ3v) is 7.75. The van der Waals surface area contributed by atoms with Crippen LogP contribution in [0, 0.1) is 5.82 Å². The number of nitrogens with zero attached hydrogens (tertiary/aromatic N) is 5. The van der Waals surface area contributed by atoms with Gasteiger partial charge in [-0.05, 0) is 67.8 Å². The van der Waals surface area contributed by atoms with Crippen molar-refractivity contribution >= 4 is 17.4 Å². The maximum absolute atomic E-state index is 15.0. The van der Waals surface area contributed by atoms with Crippen molar-refractivity contribution in [3.63, 3.8) is 0 Å². The number of hydrogen-bond donors (Lipinski definition) is 1. The van der Waals surface area contributed by atoms with Gasteiger partial charge in [-0.3, -0.25) is 9.47 Å². The maximum Gasteiger partial charge on any atom is 0.332 e. The summed E-state index contributed by atoms with van der Waals surface area (Å²) in [6, 6.07) is 12.0. The molecule has 1 aliphatic heterocycles. The van der Waals surface area contributed by atoms with Gasteiger partial charge in [0.25, 0.3) is 0 Å². The van der Waals surface area contributed by atoms with Crippen LogP contribution in [0.25, 0.3) is 27.9 Å². The highest BCUT2D eigenvalue weighted by Gasteiger charge is 2.22. The molecule has 0 radical (unpaired) electrons. The first-order chi connectivity index (χ1) is 18.7. The normalized spacial score (nSPS) is 14.4. The number of aryl methyl sites for hydroxylation is 2. The van der Waals surface area contributed by atoms with Crippen molar-refractivity contribution in [1.29, 1.82) is 0 Å². The highest BCUT2D eigenvalue weighted by molar-refractivity contribution is 6.32. The SMILES string of the molecule is CCc1cc(-c2cc(F)cc(-c3ccc(-n4ccn(C)c4=O)c(Cl)c3)c2O)cc(N2CCN(C(C)C)CC2)n1. The first-order valence-corrected chi connectivity index (χ1v) is 13.6. The van der Waals surface area contributed by atoms with Crippen molar-refractivity contribution in [2.24, 2.45) is 7.05 Å². The molecule has 39 heavy (non-hydrogen) atoms. The Labute approximate surface area is 232 Å². The summed E-state index contributed by atoms with van der Waals surface area (Å²) in [7, 11) is 1.66. The van der Waals surface area contributed by atoms with Gasteiger partial charge in [0.05, 0.1) is 10.7 Å². The van der Waals surface area contributed by atoms with E-state index in [1.54, 1.807) is 37.6 Å². The average molecular weight is 550 g/mol. The first kappa shape index (κ1) is 27.0. The summed E-state index contributed by atoms with van der Waals surface area (Å²) >= 11 is 6.56. The quantitative estimate of drug-likeness (QED) is 0.344.